The van der Waals surface area contributed by atoms with Gasteiger partial charge in [0.1, 0.15) is 0 Å². The van der Waals surface area contributed by atoms with Crippen molar-refractivity contribution in [1.29, 1.82) is 0 Å². The number of benzene rings is 1. The monoisotopic (exact) mass is 481 g/mol. The van der Waals surface area contributed by atoms with E-state index in [0.29, 0.717) is 0 Å². The first-order valence-electron chi connectivity index (χ1n) is 8.91. The lowest BCUT2D eigenvalue weighted by atomic mass is 10.2. The standard InChI is InChI=1S/C19H21Br2N3O2/c20-14-3-4-16-17(11-14)26-18-12-15(21)13-22-19(18)24(16)6-2-1-5-23-7-9-25-10-8-23/h3-4,11-13H,1-2,5-10H2. The van der Waals surface area contributed by atoms with Crippen LogP contribution in [0.2, 0.25) is 0 Å². The van der Waals surface area contributed by atoms with Crippen molar-refractivity contribution < 1.29 is 9.47 Å². The zero-order chi connectivity index (χ0) is 17.9. The summed E-state index contributed by atoms with van der Waals surface area (Å²) in [5.74, 6) is 2.53. The van der Waals surface area contributed by atoms with Crippen molar-refractivity contribution in [1.82, 2.24) is 9.88 Å². The quantitative estimate of drug-likeness (QED) is 0.563. The molecule has 1 fully saturated rings. The van der Waals surface area contributed by atoms with Gasteiger partial charge in [-0.25, -0.2) is 4.98 Å². The molecular weight excluding hydrogens is 462 g/mol. The molecule has 5 nitrogen and oxygen atoms in total. The fourth-order valence-electron chi connectivity index (χ4n) is 3.37. The number of ether oxygens (including phenoxy) is 2. The molecule has 1 saturated heterocycles. The van der Waals surface area contributed by atoms with Crippen LogP contribution in [0.5, 0.6) is 11.5 Å². The van der Waals surface area contributed by atoms with Gasteiger partial charge in [0, 0.05) is 40.8 Å². The summed E-state index contributed by atoms with van der Waals surface area (Å²) >= 11 is 7.02. The van der Waals surface area contributed by atoms with E-state index >= 15 is 0 Å². The van der Waals surface area contributed by atoms with Gasteiger partial charge in [-0.3, -0.25) is 4.90 Å². The second kappa shape index (κ2) is 8.25. The van der Waals surface area contributed by atoms with Gasteiger partial charge in [0.2, 0.25) is 0 Å². The molecule has 0 radical (unpaired) electrons. The lowest BCUT2D eigenvalue weighted by Gasteiger charge is -2.32. The van der Waals surface area contributed by atoms with Gasteiger partial charge in [0.15, 0.2) is 17.3 Å². The van der Waals surface area contributed by atoms with Crippen LogP contribution in [0.3, 0.4) is 0 Å². The normalized spacial score (nSPS) is 16.8. The molecule has 0 spiro atoms. The lowest BCUT2D eigenvalue weighted by Crippen LogP contribution is -2.37. The number of nitrogens with zero attached hydrogens (tertiary/aromatic N) is 3. The molecule has 3 heterocycles. The lowest BCUT2D eigenvalue weighted by molar-refractivity contribution is 0.0373. The van der Waals surface area contributed by atoms with Gasteiger partial charge in [0.25, 0.3) is 0 Å². The van der Waals surface area contributed by atoms with E-state index in [0.717, 1.165) is 84.2 Å². The van der Waals surface area contributed by atoms with E-state index in [1.807, 2.05) is 24.4 Å². The number of anilines is 2. The Morgan fingerprint density at radius 2 is 1.73 bits per heavy atom. The molecule has 2 aliphatic rings. The first-order valence-corrected chi connectivity index (χ1v) is 10.5. The van der Waals surface area contributed by atoms with Crippen molar-refractivity contribution in [2.24, 2.45) is 0 Å². The minimum Gasteiger partial charge on any atom is -0.451 e. The molecule has 0 N–H and O–H groups in total. The molecular formula is C19H21Br2N3O2. The molecule has 4 rings (SSSR count). The van der Waals surface area contributed by atoms with Gasteiger partial charge in [-0.2, -0.15) is 0 Å². The average molecular weight is 483 g/mol. The van der Waals surface area contributed by atoms with Gasteiger partial charge < -0.3 is 14.4 Å². The van der Waals surface area contributed by atoms with Crippen molar-refractivity contribution in [2.45, 2.75) is 12.8 Å². The number of halogens is 2. The molecule has 0 aliphatic carbocycles. The van der Waals surface area contributed by atoms with Gasteiger partial charge in [-0.15, -0.1) is 0 Å². The highest BCUT2D eigenvalue weighted by molar-refractivity contribution is 9.10. The molecule has 2 aromatic rings. The SMILES string of the molecule is Brc1ccc2c(c1)Oc1cc(Br)cnc1N2CCCCN1CCOCC1. The van der Waals surface area contributed by atoms with Crippen LogP contribution in [-0.4, -0.2) is 49.3 Å². The van der Waals surface area contributed by atoms with E-state index in [9.17, 15) is 0 Å². The molecule has 0 amide bonds. The summed E-state index contributed by atoms with van der Waals surface area (Å²) in [5, 5.41) is 0. The fourth-order valence-corrected chi connectivity index (χ4v) is 4.02. The van der Waals surface area contributed by atoms with E-state index in [1.54, 1.807) is 0 Å². The molecule has 0 unspecified atom stereocenters. The van der Waals surface area contributed by atoms with Gasteiger partial charge >= 0.3 is 0 Å². The topological polar surface area (TPSA) is 37.8 Å². The highest BCUT2D eigenvalue weighted by Gasteiger charge is 2.26. The number of unbranched alkanes of at least 4 members (excludes halogenated alkanes) is 1. The maximum absolute atomic E-state index is 6.08. The second-order valence-corrected chi connectivity index (χ2v) is 8.33. The number of fused-ring (bicyclic) bond motifs is 2. The first kappa shape index (κ1) is 18.2. The zero-order valence-electron chi connectivity index (χ0n) is 14.5. The van der Waals surface area contributed by atoms with Crippen molar-refractivity contribution in [3.05, 3.63) is 39.4 Å². The van der Waals surface area contributed by atoms with Crippen LogP contribution in [0.4, 0.5) is 11.5 Å². The molecule has 1 aromatic carbocycles. The Morgan fingerprint density at radius 1 is 0.962 bits per heavy atom. The first-order chi connectivity index (χ1) is 12.7. The molecule has 7 heteroatoms. The maximum Gasteiger partial charge on any atom is 0.176 e. The van der Waals surface area contributed by atoms with E-state index in [-0.39, 0.29) is 0 Å². The van der Waals surface area contributed by atoms with Crippen LogP contribution >= 0.6 is 31.9 Å². The summed E-state index contributed by atoms with van der Waals surface area (Å²) in [7, 11) is 0. The second-order valence-electron chi connectivity index (χ2n) is 6.50. The maximum atomic E-state index is 6.08. The average Bonchev–Trinajstić information content (AvgIpc) is 2.64. The number of morpholine rings is 1. The smallest absolute Gasteiger partial charge is 0.176 e. The molecule has 26 heavy (non-hydrogen) atoms. The Bertz CT molecular complexity index is 730. The summed E-state index contributed by atoms with van der Waals surface area (Å²) < 4.78 is 13.4. The minimum atomic E-state index is 0.790. The van der Waals surface area contributed by atoms with E-state index < -0.39 is 0 Å². The third kappa shape index (κ3) is 4.06. The van der Waals surface area contributed by atoms with Crippen molar-refractivity contribution in [2.75, 3.05) is 44.3 Å². The van der Waals surface area contributed by atoms with Gasteiger partial charge in [-0.1, -0.05) is 15.9 Å². The van der Waals surface area contributed by atoms with E-state index in [1.165, 1.54) is 0 Å². The Labute approximate surface area is 170 Å². The molecule has 1 aromatic heterocycles. The summed E-state index contributed by atoms with van der Waals surface area (Å²) in [5.41, 5.74) is 1.07. The van der Waals surface area contributed by atoms with Crippen LogP contribution in [0.15, 0.2) is 39.4 Å². The Balaban J connectivity index is 1.47. The number of hydrogen-bond acceptors (Lipinski definition) is 5. The third-order valence-corrected chi connectivity index (χ3v) is 5.62. The van der Waals surface area contributed by atoms with Crippen LogP contribution in [0.1, 0.15) is 12.8 Å². The molecule has 0 atom stereocenters. The Morgan fingerprint density at radius 3 is 2.58 bits per heavy atom. The Hall–Kier alpha value is -1.15. The van der Waals surface area contributed by atoms with Crippen LogP contribution in [-0.2, 0) is 4.74 Å². The molecule has 0 saturated carbocycles. The number of pyridine rings is 1. The van der Waals surface area contributed by atoms with Gasteiger partial charge in [0.05, 0.1) is 18.9 Å². The fraction of sp³-hybridized carbons (Fsp3) is 0.421. The number of aromatic nitrogens is 1. The highest BCUT2D eigenvalue weighted by atomic mass is 79.9. The molecule has 138 valence electrons. The largest absolute Gasteiger partial charge is 0.451 e. The number of hydrogen-bond donors (Lipinski definition) is 0. The predicted octanol–water partition coefficient (Wildman–Crippen LogP) is 4.96. The van der Waals surface area contributed by atoms with Crippen molar-refractivity contribution in [3.8, 4) is 11.5 Å². The molecule has 2 aliphatic heterocycles. The third-order valence-electron chi connectivity index (χ3n) is 4.70. The minimum absolute atomic E-state index is 0.790. The summed E-state index contributed by atoms with van der Waals surface area (Å²) in [6, 6.07) is 8.13. The van der Waals surface area contributed by atoms with Crippen LogP contribution < -0.4 is 9.64 Å². The molecule has 0 bridgehead atoms. The van der Waals surface area contributed by atoms with Crippen molar-refractivity contribution in [3.63, 3.8) is 0 Å². The zero-order valence-corrected chi connectivity index (χ0v) is 17.6. The van der Waals surface area contributed by atoms with E-state index in [2.05, 4.69) is 52.7 Å². The van der Waals surface area contributed by atoms with Crippen LogP contribution in [0.25, 0.3) is 0 Å². The summed E-state index contributed by atoms with van der Waals surface area (Å²) in [6.45, 7) is 5.86. The highest BCUT2D eigenvalue weighted by Crippen LogP contribution is 2.47. The van der Waals surface area contributed by atoms with Gasteiger partial charge in [-0.05, 0) is 53.5 Å². The summed E-state index contributed by atoms with van der Waals surface area (Å²) in [4.78, 5) is 9.36. The Kier molecular flexibility index (Phi) is 5.78. The predicted molar refractivity (Wildman–Crippen MR) is 110 cm³/mol. The van der Waals surface area contributed by atoms with Crippen molar-refractivity contribution >= 4 is 43.4 Å². The number of rotatable bonds is 5. The summed E-state index contributed by atoms with van der Waals surface area (Å²) in [6.07, 6.45) is 4.09. The van der Waals surface area contributed by atoms with E-state index in [4.69, 9.17) is 9.47 Å². The van der Waals surface area contributed by atoms with Crippen LogP contribution in [0, 0.1) is 0 Å².